The lowest BCUT2D eigenvalue weighted by Crippen LogP contribution is -2.05. The highest BCUT2D eigenvalue weighted by atomic mass is 32.2. The summed E-state index contributed by atoms with van der Waals surface area (Å²) in [7, 11) is 3.90. The van der Waals surface area contributed by atoms with Crippen molar-refractivity contribution in [3.63, 3.8) is 0 Å². The monoisotopic (exact) mass is 266 g/mol. The van der Waals surface area contributed by atoms with Crippen molar-refractivity contribution in [2.75, 3.05) is 6.54 Å². The van der Waals surface area contributed by atoms with E-state index in [1.165, 1.54) is 5.56 Å². The third-order valence-corrected chi connectivity index (χ3v) is 4.17. The molecule has 2 rings (SSSR count). The van der Waals surface area contributed by atoms with Crippen molar-refractivity contribution < 1.29 is 0 Å². The molecule has 7 heteroatoms. The Hall–Kier alpha value is -1.34. The van der Waals surface area contributed by atoms with Crippen molar-refractivity contribution in [3.8, 4) is 0 Å². The van der Waals surface area contributed by atoms with Crippen LogP contribution in [0, 0.1) is 13.8 Å². The number of hydrogen-bond donors (Lipinski definition) is 1. The Morgan fingerprint density at radius 1 is 1.22 bits per heavy atom. The first kappa shape index (κ1) is 13.1. The summed E-state index contributed by atoms with van der Waals surface area (Å²) in [5.41, 5.74) is 7.89. The van der Waals surface area contributed by atoms with Crippen LogP contribution in [0.25, 0.3) is 0 Å². The fourth-order valence-corrected chi connectivity index (χ4v) is 2.87. The Balaban J connectivity index is 2.36. The van der Waals surface area contributed by atoms with Gasteiger partial charge in [-0.2, -0.15) is 5.10 Å². The molecule has 0 spiro atoms. The Morgan fingerprint density at radius 3 is 2.50 bits per heavy atom. The van der Waals surface area contributed by atoms with Crippen molar-refractivity contribution in [2.45, 2.75) is 30.5 Å². The van der Waals surface area contributed by atoms with Gasteiger partial charge in [-0.1, -0.05) is 0 Å². The average Bonchev–Trinajstić information content (AvgIpc) is 2.77. The molecule has 0 saturated carbocycles. The van der Waals surface area contributed by atoms with Crippen molar-refractivity contribution >= 4 is 11.8 Å². The highest BCUT2D eigenvalue weighted by Crippen LogP contribution is 2.30. The SMILES string of the molecule is Cc1nn(C)c(Sc2nnc(C)n2C)c1CCN. The first-order valence-corrected chi connectivity index (χ1v) is 6.62. The molecule has 0 atom stereocenters. The summed E-state index contributed by atoms with van der Waals surface area (Å²) in [6, 6.07) is 0. The Morgan fingerprint density at radius 2 is 1.94 bits per heavy atom. The number of nitrogens with zero attached hydrogens (tertiary/aromatic N) is 5. The van der Waals surface area contributed by atoms with Crippen LogP contribution in [0.1, 0.15) is 17.1 Å². The van der Waals surface area contributed by atoms with Crippen LogP contribution in [-0.4, -0.2) is 31.1 Å². The van der Waals surface area contributed by atoms with Gasteiger partial charge in [0, 0.05) is 19.7 Å². The van der Waals surface area contributed by atoms with Crippen LogP contribution in [0.4, 0.5) is 0 Å². The molecule has 2 aromatic rings. The van der Waals surface area contributed by atoms with E-state index in [1.54, 1.807) is 11.8 Å². The molecule has 0 amide bonds. The second-order valence-corrected chi connectivity index (χ2v) is 5.18. The lowest BCUT2D eigenvalue weighted by atomic mass is 10.2. The molecule has 2 N–H and O–H groups in total. The van der Waals surface area contributed by atoms with Gasteiger partial charge in [0.05, 0.1) is 5.69 Å². The second kappa shape index (κ2) is 5.11. The molecule has 2 aromatic heterocycles. The zero-order valence-electron chi connectivity index (χ0n) is 11.1. The largest absolute Gasteiger partial charge is 0.330 e. The molecule has 0 unspecified atom stereocenters. The number of aromatic nitrogens is 5. The van der Waals surface area contributed by atoms with Gasteiger partial charge in [-0.25, -0.2) is 0 Å². The van der Waals surface area contributed by atoms with Gasteiger partial charge >= 0.3 is 0 Å². The minimum absolute atomic E-state index is 0.623. The summed E-state index contributed by atoms with van der Waals surface area (Å²) < 4.78 is 3.86. The van der Waals surface area contributed by atoms with Crippen LogP contribution in [-0.2, 0) is 20.5 Å². The number of aryl methyl sites for hydroxylation is 3. The average molecular weight is 266 g/mol. The van der Waals surface area contributed by atoms with Crippen LogP contribution < -0.4 is 5.73 Å². The fraction of sp³-hybridized carbons (Fsp3) is 0.545. The van der Waals surface area contributed by atoms with Gasteiger partial charge in [-0.05, 0) is 38.6 Å². The topological polar surface area (TPSA) is 74.5 Å². The Labute approximate surface area is 111 Å². The summed E-state index contributed by atoms with van der Waals surface area (Å²) in [6.07, 6.45) is 0.832. The Kier molecular flexibility index (Phi) is 3.72. The molecule has 0 aliphatic heterocycles. The van der Waals surface area contributed by atoms with E-state index in [1.807, 2.05) is 37.2 Å². The molecule has 2 heterocycles. The van der Waals surface area contributed by atoms with Gasteiger partial charge in [0.2, 0.25) is 0 Å². The molecule has 6 nitrogen and oxygen atoms in total. The molecule has 0 aliphatic rings. The summed E-state index contributed by atoms with van der Waals surface area (Å²) >= 11 is 1.58. The zero-order chi connectivity index (χ0) is 13.3. The van der Waals surface area contributed by atoms with Gasteiger partial charge in [-0.15, -0.1) is 10.2 Å². The van der Waals surface area contributed by atoms with E-state index in [4.69, 9.17) is 5.73 Å². The fourth-order valence-electron chi connectivity index (χ4n) is 1.80. The number of nitrogens with two attached hydrogens (primary N) is 1. The zero-order valence-corrected chi connectivity index (χ0v) is 12.0. The molecule has 0 radical (unpaired) electrons. The van der Waals surface area contributed by atoms with Gasteiger partial charge in [0.1, 0.15) is 10.9 Å². The first-order valence-electron chi connectivity index (χ1n) is 5.81. The molecule has 98 valence electrons. The maximum atomic E-state index is 5.66. The lowest BCUT2D eigenvalue weighted by molar-refractivity contribution is 0.683. The van der Waals surface area contributed by atoms with Gasteiger partial charge < -0.3 is 10.3 Å². The third-order valence-electron chi connectivity index (χ3n) is 2.92. The predicted octanol–water partition coefficient (Wildman–Crippen LogP) is 0.818. The highest BCUT2D eigenvalue weighted by molar-refractivity contribution is 7.99. The summed E-state index contributed by atoms with van der Waals surface area (Å²) in [6.45, 7) is 4.57. The van der Waals surface area contributed by atoms with Crippen molar-refractivity contribution in [1.29, 1.82) is 0 Å². The quantitative estimate of drug-likeness (QED) is 0.886. The van der Waals surface area contributed by atoms with Crippen LogP contribution in [0.3, 0.4) is 0 Å². The lowest BCUT2D eigenvalue weighted by Gasteiger charge is -2.05. The molecule has 0 aromatic carbocycles. The molecule has 0 fully saturated rings. The van der Waals surface area contributed by atoms with Crippen LogP contribution in [0.15, 0.2) is 10.2 Å². The maximum absolute atomic E-state index is 5.66. The molecular formula is C11H18N6S. The Bertz CT molecular complexity index is 556. The van der Waals surface area contributed by atoms with Crippen LogP contribution in [0.5, 0.6) is 0 Å². The predicted molar refractivity (Wildman–Crippen MR) is 70.6 cm³/mol. The number of hydrogen-bond acceptors (Lipinski definition) is 5. The minimum atomic E-state index is 0.623. The van der Waals surface area contributed by atoms with Crippen molar-refractivity contribution in [3.05, 3.63) is 17.1 Å². The van der Waals surface area contributed by atoms with Gasteiger partial charge in [0.15, 0.2) is 5.16 Å². The number of rotatable bonds is 4. The molecule has 0 saturated heterocycles. The van der Waals surface area contributed by atoms with E-state index < -0.39 is 0 Å². The summed E-state index contributed by atoms with van der Waals surface area (Å²) in [5, 5.41) is 14.6. The second-order valence-electron chi connectivity index (χ2n) is 4.22. The molecule has 0 bridgehead atoms. The van der Waals surface area contributed by atoms with Gasteiger partial charge in [-0.3, -0.25) is 4.68 Å². The third kappa shape index (κ3) is 2.28. The van der Waals surface area contributed by atoms with E-state index in [9.17, 15) is 0 Å². The molecule has 18 heavy (non-hydrogen) atoms. The van der Waals surface area contributed by atoms with Crippen LogP contribution in [0.2, 0.25) is 0 Å². The highest BCUT2D eigenvalue weighted by Gasteiger charge is 2.16. The van der Waals surface area contributed by atoms with E-state index in [0.29, 0.717) is 6.54 Å². The molecule has 0 aliphatic carbocycles. The van der Waals surface area contributed by atoms with Crippen molar-refractivity contribution in [1.82, 2.24) is 24.5 Å². The smallest absolute Gasteiger partial charge is 0.197 e. The van der Waals surface area contributed by atoms with E-state index in [-0.39, 0.29) is 0 Å². The standard InChI is InChI=1S/C11H18N6S/c1-7-9(5-6-12)10(17(4)15-7)18-11-14-13-8(2)16(11)3/h5-6,12H2,1-4H3. The maximum Gasteiger partial charge on any atom is 0.197 e. The van der Waals surface area contributed by atoms with Crippen molar-refractivity contribution in [2.24, 2.45) is 19.8 Å². The van der Waals surface area contributed by atoms with E-state index in [2.05, 4.69) is 15.3 Å². The summed E-state index contributed by atoms with van der Waals surface area (Å²) in [5.74, 6) is 0.900. The normalized spacial score (nSPS) is 11.2. The summed E-state index contributed by atoms with van der Waals surface area (Å²) in [4.78, 5) is 0. The molecular weight excluding hydrogens is 248 g/mol. The van der Waals surface area contributed by atoms with E-state index >= 15 is 0 Å². The first-order chi connectivity index (χ1) is 8.54. The van der Waals surface area contributed by atoms with Crippen LogP contribution >= 0.6 is 11.8 Å². The van der Waals surface area contributed by atoms with Gasteiger partial charge in [0.25, 0.3) is 0 Å². The van der Waals surface area contributed by atoms with E-state index in [0.717, 1.165) is 28.1 Å². The minimum Gasteiger partial charge on any atom is -0.330 e.